The average Bonchev–Trinajstić information content (AvgIpc) is 2.68. The Kier molecular flexibility index (Phi) is 4.13. The summed E-state index contributed by atoms with van der Waals surface area (Å²) in [6, 6.07) is 3.98. The smallest absolute Gasteiger partial charge is 0.270 e. The molecular weight excluding hydrogens is 310 g/mol. The van der Waals surface area contributed by atoms with Gasteiger partial charge in [-0.15, -0.1) is 0 Å². The van der Waals surface area contributed by atoms with Gasteiger partial charge in [-0.05, 0) is 6.07 Å². The summed E-state index contributed by atoms with van der Waals surface area (Å²) in [4.78, 5) is 21.6. The van der Waals surface area contributed by atoms with Gasteiger partial charge in [-0.1, -0.05) is 35.6 Å². The molecule has 1 fully saturated rings. The zero-order chi connectivity index (χ0) is 14.0. The van der Waals surface area contributed by atoms with Crippen LogP contribution in [0.2, 0.25) is 5.02 Å². The van der Waals surface area contributed by atoms with Crippen molar-refractivity contribution in [3.63, 3.8) is 0 Å². The number of nitro groups is 1. The lowest BCUT2D eigenvalue weighted by molar-refractivity contribution is -0.384. The van der Waals surface area contributed by atoms with Crippen molar-refractivity contribution in [3.05, 3.63) is 38.9 Å². The van der Waals surface area contributed by atoms with Gasteiger partial charge in [0.1, 0.15) is 0 Å². The van der Waals surface area contributed by atoms with Crippen LogP contribution >= 0.6 is 35.6 Å². The monoisotopic (exact) mass is 315 g/mol. The number of carbonyl (C=O) groups is 1. The highest BCUT2D eigenvalue weighted by Crippen LogP contribution is 2.22. The SMILES string of the molecule is O=C1CSC(=S)N1N=Cc1cc([N+](=O)[O-])ccc1Cl. The van der Waals surface area contributed by atoms with Crippen LogP contribution in [-0.2, 0) is 4.79 Å². The predicted molar refractivity (Wildman–Crippen MR) is 77.6 cm³/mol. The second kappa shape index (κ2) is 5.64. The van der Waals surface area contributed by atoms with Gasteiger partial charge in [-0.3, -0.25) is 14.9 Å². The van der Waals surface area contributed by atoms with E-state index in [1.165, 1.54) is 36.2 Å². The molecule has 0 bridgehead atoms. The summed E-state index contributed by atoms with van der Waals surface area (Å²) < 4.78 is 0.350. The quantitative estimate of drug-likeness (QED) is 0.370. The molecule has 1 amide bonds. The molecule has 0 N–H and O–H groups in total. The fraction of sp³-hybridized carbons (Fsp3) is 0.100. The maximum atomic E-state index is 11.4. The maximum Gasteiger partial charge on any atom is 0.270 e. The van der Waals surface area contributed by atoms with E-state index in [-0.39, 0.29) is 17.3 Å². The predicted octanol–water partition coefficient (Wildman–Crippen LogP) is 2.44. The van der Waals surface area contributed by atoms with Crippen molar-refractivity contribution in [1.82, 2.24) is 5.01 Å². The molecule has 1 aromatic carbocycles. The van der Waals surface area contributed by atoms with Gasteiger partial charge in [0.05, 0.1) is 16.9 Å². The van der Waals surface area contributed by atoms with Crippen LogP contribution in [0.5, 0.6) is 0 Å². The Labute approximate surface area is 122 Å². The number of hydrogen-bond donors (Lipinski definition) is 0. The molecule has 2 rings (SSSR count). The van der Waals surface area contributed by atoms with E-state index >= 15 is 0 Å². The third-order valence-electron chi connectivity index (χ3n) is 2.23. The summed E-state index contributed by atoms with van der Waals surface area (Å²) in [5.74, 6) is 0.0200. The molecule has 9 heteroatoms. The molecule has 98 valence electrons. The zero-order valence-corrected chi connectivity index (χ0v) is 11.7. The van der Waals surface area contributed by atoms with E-state index in [1.807, 2.05) is 0 Å². The Hall–Kier alpha value is -1.51. The van der Waals surface area contributed by atoms with Crippen molar-refractivity contribution in [1.29, 1.82) is 0 Å². The Morgan fingerprint density at radius 3 is 2.89 bits per heavy atom. The maximum absolute atomic E-state index is 11.4. The van der Waals surface area contributed by atoms with E-state index < -0.39 is 4.92 Å². The first-order chi connectivity index (χ1) is 8.99. The zero-order valence-electron chi connectivity index (χ0n) is 9.28. The van der Waals surface area contributed by atoms with E-state index in [1.54, 1.807) is 0 Å². The summed E-state index contributed by atoms with van der Waals surface area (Å²) in [6.45, 7) is 0. The van der Waals surface area contributed by atoms with Crippen molar-refractivity contribution in [2.24, 2.45) is 5.10 Å². The first kappa shape index (κ1) is 13.9. The molecule has 0 aliphatic carbocycles. The van der Waals surface area contributed by atoms with Crippen LogP contribution in [0.4, 0.5) is 5.69 Å². The standard InChI is InChI=1S/C10H6ClN3O3S2/c11-8-2-1-7(14(16)17)3-6(8)4-12-13-9(15)5-19-10(13)18/h1-4H,5H2. The van der Waals surface area contributed by atoms with Gasteiger partial charge in [0.25, 0.3) is 11.6 Å². The van der Waals surface area contributed by atoms with Crippen molar-refractivity contribution >= 4 is 57.7 Å². The number of halogens is 1. The highest BCUT2D eigenvalue weighted by molar-refractivity contribution is 8.23. The minimum Gasteiger partial charge on any atom is -0.272 e. The lowest BCUT2D eigenvalue weighted by atomic mass is 10.2. The first-order valence-corrected chi connectivity index (χ1v) is 6.74. The van der Waals surface area contributed by atoms with Crippen LogP contribution in [0, 0.1) is 10.1 Å². The molecule has 0 unspecified atom stereocenters. The van der Waals surface area contributed by atoms with Gasteiger partial charge in [0, 0.05) is 22.7 Å². The molecule has 0 aromatic heterocycles. The number of thiocarbonyl (C=S) groups is 1. The highest BCUT2D eigenvalue weighted by atomic mass is 35.5. The molecule has 1 saturated heterocycles. The molecule has 1 aliphatic heterocycles. The molecule has 0 radical (unpaired) electrons. The second-order valence-electron chi connectivity index (χ2n) is 3.47. The summed E-state index contributed by atoms with van der Waals surface area (Å²) >= 11 is 12.1. The molecule has 6 nitrogen and oxygen atoms in total. The number of carbonyl (C=O) groups excluding carboxylic acids is 1. The van der Waals surface area contributed by atoms with E-state index in [9.17, 15) is 14.9 Å². The van der Waals surface area contributed by atoms with Crippen LogP contribution in [0.3, 0.4) is 0 Å². The molecular formula is C10H6ClN3O3S2. The third-order valence-corrected chi connectivity index (χ3v) is 3.91. The van der Waals surface area contributed by atoms with Gasteiger partial charge in [0.15, 0.2) is 4.32 Å². The largest absolute Gasteiger partial charge is 0.272 e. The molecule has 0 saturated carbocycles. The number of nitrogens with zero attached hydrogens (tertiary/aromatic N) is 3. The highest BCUT2D eigenvalue weighted by Gasteiger charge is 2.26. The minimum absolute atomic E-state index is 0.101. The van der Waals surface area contributed by atoms with Gasteiger partial charge >= 0.3 is 0 Å². The molecule has 1 aliphatic rings. The van der Waals surface area contributed by atoms with E-state index in [4.69, 9.17) is 23.8 Å². The number of benzene rings is 1. The van der Waals surface area contributed by atoms with Crippen LogP contribution in [-0.4, -0.2) is 32.1 Å². The number of rotatable bonds is 3. The first-order valence-electron chi connectivity index (χ1n) is 4.96. The van der Waals surface area contributed by atoms with Crippen molar-refractivity contribution in [2.45, 2.75) is 0 Å². The number of non-ortho nitro benzene ring substituents is 1. The molecule has 0 spiro atoms. The summed E-state index contributed by atoms with van der Waals surface area (Å²) in [5, 5.41) is 15.9. The molecule has 1 aromatic rings. The fourth-order valence-corrected chi connectivity index (χ4v) is 2.46. The Morgan fingerprint density at radius 1 is 1.58 bits per heavy atom. The number of nitro benzene ring substituents is 1. The lowest BCUT2D eigenvalue weighted by Gasteiger charge is -2.06. The van der Waals surface area contributed by atoms with Crippen molar-refractivity contribution in [3.8, 4) is 0 Å². The Bertz CT molecular complexity index is 590. The second-order valence-corrected chi connectivity index (χ2v) is 5.48. The molecule has 0 atom stereocenters. The van der Waals surface area contributed by atoms with E-state index in [2.05, 4.69) is 5.10 Å². The van der Waals surface area contributed by atoms with Gasteiger partial charge < -0.3 is 0 Å². The van der Waals surface area contributed by atoms with Gasteiger partial charge in [-0.25, -0.2) is 0 Å². The number of hydrogen-bond acceptors (Lipinski definition) is 6. The van der Waals surface area contributed by atoms with Crippen LogP contribution in [0.25, 0.3) is 0 Å². The van der Waals surface area contributed by atoms with Crippen LogP contribution in [0.1, 0.15) is 5.56 Å². The van der Waals surface area contributed by atoms with Gasteiger partial charge in [-0.2, -0.15) is 10.1 Å². The molecule has 1 heterocycles. The van der Waals surface area contributed by atoms with Gasteiger partial charge in [0.2, 0.25) is 0 Å². The topological polar surface area (TPSA) is 75.8 Å². The fourth-order valence-electron chi connectivity index (χ4n) is 1.32. The average molecular weight is 316 g/mol. The minimum atomic E-state index is -0.533. The lowest BCUT2D eigenvalue weighted by Crippen LogP contribution is -2.22. The van der Waals surface area contributed by atoms with E-state index in [0.29, 0.717) is 14.9 Å². The Morgan fingerprint density at radius 2 is 2.32 bits per heavy atom. The number of amides is 1. The Balaban J connectivity index is 2.27. The summed E-state index contributed by atoms with van der Waals surface area (Å²) in [6.07, 6.45) is 1.28. The normalized spacial score (nSPS) is 15.5. The van der Waals surface area contributed by atoms with E-state index in [0.717, 1.165) is 5.01 Å². The van der Waals surface area contributed by atoms with Crippen LogP contribution < -0.4 is 0 Å². The summed E-state index contributed by atoms with van der Waals surface area (Å²) in [7, 11) is 0. The molecule has 19 heavy (non-hydrogen) atoms. The van der Waals surface area contributed by atoms with Crippen LogP contribution in [0.15, 0.2) is 23.3 Å². The number of hydrazone groups is 1. The van der Waals surface area contributed by atoms with Crippen molar-refractivity contribution < 1.29 is 9.72 Å². The summed E-state index contributed by atoms with van der Waals surface area (Å²) in [5.41, 5.74) is 0.249. The van der Waals surface area contributed by atoms with Crippen molar-refractivity contribution in [2.75, 3.05) is 5.75 Å². The third kappa shape index (κ3) is 3.09. The number of thioether (sulfide) groups is 1.